The molecule has 0 saturated heterocycles. The molecule has 0 aliphatic rings. The van der Waals surface area contributed by atoms with Crippen LogP contribution in [0.15, 0.2) is 61.2 Å². The quantitative estimate of drug-likeness (QED) is 0.458. The van der Waals surface area contributed by atoms with Crippen molar-refractivity contribution in [2.24, 2.45) is 0 Å². The number of rotatable bonds is 4. The molecule has 4 aromatic rings. The van der Waals surface area contributed by atoms with Gasteiger partial charge in [0.05, 0.1) is 16.9 Å². The van der Waals surface area contributed by atoms with Crippen molar-refractivity contribution in [3.63, 3.8) is 0 Å². The van der Waals surface area contributed by atoms with Crippen LogP contribution in [0.1, 0.15) is 5.69 Å². The number of H-pyrrole nitrogens is 1. The Hall–Kier alpha value is -2.56. The lowest BCUT2D eigenvalue weighted by atomic mass is 10.3. The number of aryl methyl sites for hydroxylation is 1. The molecule has 0 amide bonds. The molecule has 0 aliphatic heterocycles. The van der Waals surface area contributed by atoms with E-state index in [-0.39, 0.29) is 20.0 Å². The molecule has 0 atom stereocenters. The van der Waals surface area contributed by atoms with Crippen LogP contribution in [0.2, 0.25) is 5.02 Å². The number of aromatic nitrogens is 3. The molecule has 0 spiro atoms. The molecule has 0 radical (unpaired) electrons. The first-order chi connectivity index (χ1) is 13.2. The fourth-order valence-electron chi connectivity index (χ4n) is 2.70. The molecule has 2 aromatic carbocycles. The van der Waals surface area contributed by atoms with Crippen LogP contribution in [0.25, 0.3) is 16.8 Å². The van der Waals surface area contributed by atoms with Crippen molar-refractivity contribution in [3.8, 4) is 5.69 Å². The summed E-state index contributed by atoms with van der Waals surface area (Å²) in [5.74, 6) is -0.726. The van der Waals surface area contributed by atoms with Gasteiger partial charge in [-0.1, -0.05) is 11.6 Å². The van der Waals surface area contributed by atoms with Crippen LogP contribution < -0.4 is 10.5 Å². The Morgan fingerprint density at radius 2 is 1.96 bits per heavy atom. The molecule has 0 aliphatic carbocycles. The zero-order chi connectivity index (χ0) is 20.1. The molecule has 0 unspecified atom stereocenters. The van der Waals surface area contributed by atoms with E-state index in [0.717, 1.165) is 11.4 Å². The van der Waals surface area contributed by atoms with Crippen molar-refractivity contribution in [2.75, 3.05) is 4.72 Å². The number of sulfonamides is 1. The molecule has 11 heteroatoms. The zero-order valence-electron chi connectivity index (χ0n) is 14.2. The van der Waals surface area contributed by atoms with Crippen LogP contribution in [0.4, 0.5) is 5.69 Å². The molecule has 8 nitrogen and oxygen atoms in total. The number of aromatic amines is 1. The van der Waals surface area contributed by atoms with E-state index in [9.17, 15) is 13.2 Å². The lowest BCUT2D eigenvalue weighted by molar-refractivity contribution is 0.554. The van der Waals surface area contributed by atoms with Gasteiger partial charge in [-0.15, -0.1) is 0 Å². The molecule has 28 heavy (non-hydrogen) atoms. The molecule has 0 saturated carbocycles. The van der Waals surface area contributed by atoms with Gasteiger partial charge in [0.2, 0.25) is 0 Å². The molecule has 2 N–H and O–H groups in total. The van der Waals surface area contributed by atoms with Crippen LogP contribution in [-0.4, -0.2) is 23.2 Å². The number of nitrogens with zero attached hydrogens (tertiary/aromatic N) is 2. The minimum absolute atomic E-state index is 0.0281. The Morgan fingerprint density at radius 1 is 1.25 bits per heavy atom. The van der Waals surface area contributed by atoms with Gasteiger partial charge >= 0.3 is 5.76 Å². The maximum Gasteiger partial charge on any atom is 0.417 e. The summed E-state index contributed by atoms with van der Waals surface area (Å²) in [6.07, 6.45) is 1.81. The van der Waals surface area contributed by atoms with E-state index >= 15 is 0 Å². The average molecular weight is 484 g/mol. The summed E-state index contributed by atoms with van der Waals surface area (Å²) in [5.41, 5.74) is 2.26. The predicted molar refractivity (Wildman–Crippen MR) is 109 cm³/mol. The minimum atomic E-state index is -4.06. The number of nitrogens with one attached hydrogen (secondary N) is 2. The number of fused-ring (bicyclic) bond motifs is 1. The summed E-state index contributed by atoms with van der Waals surface area (Å²) >= 11 is 9.40. The van der Waals surface area contributed by atoms with E-state index in [4.69, 9.17) is 16.0 Å². The topological polar surface area (TPSA) is 110 Å². The van der Waals surface area contributed by atoms with E-state index in [0.29, 0.717) is 11.2 Å². The molecule has 0 fully saturated rings. The number of benzene rings is 2. The Labute approximate surface area is 172 Å². The molecular weight excluding hydrogens is 472 g/mol. The maximum atomic E-state index is 12.9. The second-order valence-electron chi connectivity index (χ2n) is 5.95. The van der Waals surface area contributed by atoms with Gasteiger partial charge in [-0.2, -0.15) is 5.10 Å². The van der Waals surface area contributed by atoms with E-state index in [1.807, 2.05) is 19.2 Å². The van der Waals surface area contributed by atoms with Crippen molar-refractivity contribution in [1.82, 2.24) is 14.8 Å². The fourth-order valence-corrected chi connectivity index (χ4v) is 5.62. The van der Waals surface area contributed by atoms with Crippen LogP contribution in [0.3, 0.4) is 0 Å². The number of oxazole rings is 1. The van der Waals surface area contributed by atoms with Gasteiger partial charge in [-0.25, -0.2) is 17.9 Å². The highest BCUT2D eigenvalue weighted by molar-refractivity contribution is 9.10. The second kappa shape index (κ2) is 6.80. The first-order valence-electron chi connectivity index (χ1n) is 7.91. The van der Waals surface area contributed by atoms with Crippen molar-refractivity contribution < 1.29 is 12.8 Å². The van der Waals surface area contributed by atoms with E-state index in [1.165, 1.54) is 6.07 Å². The Morgan fingerprint density at radius 3 is 2.61 bits per heavy atom. The van der Waals surface area contributed by atoms with Crippen LogP contribution in [-0.2, 0) is 10.0 Å². The minimum Gasteiger partial charge on any atom is -0.406 e. The Bertz CT molecular complexity index is 1360. The highest BCUT2D eigenvalue weighted by atomic mass is 79.9. The van der Waals surface area contributed by atoms with Crippen LogP contribution >= 0.6 is 27.5 Å². The molecule has 2 aromatic heterocycles. The molecule has 2 heterocycles. The summed E-state index contributed by atoms with van der Waals surface area (Å²) in [5, 5.41) is 4.11. The molecule has 0 bridgehead atoms. The van der Waals surface area contributed by atoms with Crippen molar-refractivity contribution in [2.45, 2.75) is 11.8 Å². The third-order valence-corrected chi connectivity index (χ3v) is 6.76. The monoisotopic (exact) mass is 482 g/mol. The highest BCUT2D eigenvalue weighted by Gasteiger charge is 2.26. The summed E-state index contributed by atoms with van der Waals surface area (Å²) in [4.78, 5) is 13.6. The van der Waals surface area contributed by atoms with Gasteiger partial charge in [0.1, 0.15) is 9.92 Å². The number of hydrogen-bond acceptors (Lipinski definition) is 5. The van der Waals surface area contributed by atoms with E-state index < -0.39 is 15.8 Å². The van der Waals surface area contributed by atoms with Crippen molar-refractivity contribution in [3.05, 3.63) is 68.3 Å². The number of anilines is 1. The van der Waals surface area contributed by atoms with Crippen molar-refractivity contribution >= 4 is 54.3 Å². The lowest BCUT2D eigenvalue weighted by Crippen LogP contribution is -2.14. The van der Waals surface area contributed by atoms with Crippen LogP contribution in [0, 0.1) is 6.92 Å². The van der Waals surface area contributed by atoms with Crippen LogP contribution in [0.5, 0.6) is 0 Å². The number of hydrogen-bond donors (Lipinski definition) is 2. The first-order valence-corrected chi connectivity index (χ1v) is 10.6. The van der Waals surface area contributed by atoms with Gasteiger partial charge in [-0.05, 0) is 59.3 Å². The standard InChI is InChI=1S/C17H12BrClN4O4S/c1-9-6-7-23(21-9)11-4-2-10(3-5-11)22-28(25,26)16-12(18)8-13-15(14(16)19)27-17(24)20-13/h2-8,22H,1H3,(H,20,24). The van der Waals surface area contributed by atoms with Gasteiger partial charge in [0.15, 0.2) is 5.58 Å². The highest BCUT2D eigenvalue weighted by Crippen LogP contribution is 2.36. The fraction of sp³-hybridized carbons (Fsp3) is 0.0588. The van der Waals surface area contributed by atoms with E-state index in [1.54, 1.807) is 28.9 Å². The van der Waals surface area contributed by atoms with Gasteiger partial charge in [0.25, 0.3) is 10.0 Å². The van der Waals surface area contributed by atoms with Gasteiger partial charge < -0.3 is 4.42 Å². The smallest absolute Gasteiger partial charge is 0.406 e. The summed E-state index contributed by atoms with van der Waals surface area (Å²) in [7, 11) is -4.06. The number of halogens is 2. The van der Waals surface area contributed by atoms with Gasteiger partial charge in [-0.3, -0.25) is 9.71 Å². The molecule has 4 rings (SSSR count). The zero-order valence-corrected chi connectivity index (χ0v) is 17.4. The Kier molecular flexibility index (Phi) is 4.56. The Balaban J connectivity index is 1.70. The SMILES string of the molecule is Cc1ccn(-c2ccc(NS(=O)(=O)c3c(Br)cc4[nH]c(=O)oc4c3Cl)cc2)n1. The normalized spacial score (nSPS) is 11.8. The summed E-state index contributed by atoms with van der Waals surface area (Å²) < 4.78 is 35.0. The summed E-state index contributed by atoms with van der Waals surface area (Å²) in [6.45, 7) is 1.88. The second-order valence-corrected chi connectivity index (χ2v) is 8.80. The largest absolute Gasteiger partial charge is 0.417 e. The summed E-state index contributed by atoms with van der Waals surface area (Å²) in [6, 6.07) is 9.97. The molecule has 144 valence electrons. The predicted octanol–water partition coefficient (Wildman–Crippen LogP) is 3.83. The molecular formula is C17H12BrClN4O4S. The van der Waals surface area contributed by atoms with Gasteiger partial charge in [0, 0.05) is 16.4 Å². The third-order valence-electron chi connectivity index (χ3n) is 3.94. The first kappa shape index (κ1) is 18.8. The van der Waals surface area contributed by atoms with E-state index in [2.05, 4.69) is 30.7 Å². The third kappa shape index (κ3) is 3.34. The maximum absolute atomic E-state index is 12.9. The van der Waals surface area contributed by atoms with Crippen molar-refractivity contribution in [1.29, 1.82) is 0 Å². The lowest BCUT2D eigenvalue weighted by Gasteiger charge is -2.12. The average Bonchev–Trinajstić information content (AvgIpc) is 3.20.